The van der Waals surface area contributed by atoms with Crippen LogP contribution in [-0.2, 0) is 0 Å². The number of hydrogen-bond donors (Lipinski definition) is 0. The van der Waals surface area contributed by atoms with E-state index in [1.165, 1.54) is 0 Å². The number of rotatable bonds is 1. The SMILES string of the molecule is Clc1ccccc1-c1c[c]cnc1. The molecule has 0 bridgehead atoms. The summed E-state index contributed by atoms with van der Waals surface area (Å²) in [5, 5.41) is 0.740. The Hall–Kier alpha value is -1.34. The molecule has 1 heterocycles. The minimum atomic E-state index is 0.740. The van der Waals surface area contributed by atoms with Crippen LogP contribution in [0.3, 0.4) is 0 Å². The Kier molecular flexibility index (Phi) is 2.28. The molecule has 1 aromatic heterocycles. The third kappa shape index (κ3) is 1.70. The molecule has 0 fully saturated rings. The number of halogens is 1. The topological polar surface area (TPSA) is 12.9 Å². The fraction of sp³-hybridized carbons (Fsp3) is 0. The van der Waals surface area contributed by atoms with E-state index in [-0.39, 0.29) is 0 Å². The van der Waals surface area contributed by atoms with Gasteiger partial charge in [-0.1, -0.05) is 29.8 Å². The first-order valence-corrected chi connectivity index (χ1v) is 4.32. The fourth-order valence-corrected chi connectivity index (χ4v) is 1.41. The van der Waals surface area contributed by atoms with E-state index in [4.69, 9.17) is 11.6 Å². The van der Waals surface area contributed by atoms with Crippen LogP contribution >= 0.6 is 11.6 Å². The Balaban J connectivity index is 2.54. The normalized spacial score (nSPS) is 9.92. The van der Waals surface area contributed by atoms with Crippen LogP contribution in [0.4, 0.5) is 0 Å². The Bertz CT molecular complexity index is 398. The zero-order valence-corrected chi connectivity index (χ0v) is 7.62. The molecule has 63 valence electrons. The van der Waals surface area contributed by atoms with Crippen molar-refractivity contribution in [3.05, 3.63) is 53.8 Å². The van der Waals surface area contributed by atoms with Gasteiger partial charge in [0.25, 0.3) is 0 Å². The van der Waals surface area contributed by atoms with Crippen molar-refractivity contribution in [3.8, 4) is 11.1 Å². The lowest BCUT2D eigenvalue weighted by molar-refractivity contribution is 1.32. The standard InChI is InChI=1S/C11H7ClN/c12-11-6-2-1-5-10(11)9-4-3-7-13-8-9/h1-2,4-8H. The summed E-state index contributed by atoms with van der Waals surface area (Å²) in [6, 6.07) is 12.5. The highest BCUT2D eigenvalue weighted by molar-refractivity contribution is 6.33. The van der Waals surface area contributed by atoms with Crippen molar-refractivity contribution in [2.45, 2.75) is 0 Å². The maximum absolute atomic E-state index is 6.02. The summed E-state index contributed by atoms with van der Waals surface area (Å²) in [7, 11) is 0. The molecule has 2 rings (SSSR count). The predicted molar refractivity (Wildman–Crippen MR) is 53.5 cm³/mol. The average Bonchev–Trinajstić information content (AvgIpc) is 2.20. The fourth-order valence-electron chi connectivity index (χ4n) is 1.17. The summed E-state index contributed by atoms with van der Waals surface area (Å²) < 4.78 is 0. The first kappa shape index (κ1) is 8.27. The average molecular weight is 189 g/mol. The van der Waals surface area contributed by atoms with Crippen LogP contribution in [0.5, 0.6) is 0 Å². The van der Waals surface area contributed by atoms with E-state index in [1.807, 2.05) is 30.3 Å². The van der Waals surface area contributed by atoms with Gasteiger partial charge in [0.05, 0.1) is 0 Å². The second-order valence-electron chi connectivity index (χ2n) is 2.65. The van der Waals surface area contributed by atoms with E-state index in [1.54, 1.807) is 12.4 Å². The molecule has 0 amide bonds. The zero-order valence-electron chi connectivity index (χ0n) is 6.87. The highest BCUT2D eigenvalue weighted by atomic mass is 35.5. The van der Waals surface area contributed by atoms with Gasteiger partial charge in [0.15, 0.2) is 0 Å². The smallest absolute Gasteiger partial charge is 0.0484 e. The van der Waals surface area contributed by atoms with Crippen LogP contribution in [0.25, 0.3) is 11.1 Å². The van der Waals surface area contributed by atoms with Crippen molar-refractivity contribution in [3.63, 3.8) is 0 Å². The van der Waals surface area contributed by atoms with Gasteiger partial charge >= 0.3 is 0 Å². The van der Waals surface area contributed by atoms with E-state index >= 15 is 0 Å². The molecule has 0 aliphatic carbocycles. The Morgan fingerprint density at radius 2 is 2.08 bits per heavy atom. The molecule has 0 saturated heterocycles. The third-order valence-corrected chi connectivity index (χ3v) is 2.12. The van der Waals surface area contributed by atoms with Crippen LogP contribution < -0.4 is 0 Å². The van der Waals surface area contributed by atoms with Crippen LogP contribution in [0.2, 0.25) is 5.02 Å². The van der Waals surface area contributed by atoms with E-state index < -0.39 is 0 Å². The van der Waals surface area contributed by atoms with Gasteiger partial charge in [0.2, 0.25) is 0 Å². The summed E-state index contributed by atoms with van der Waals surface area (Å²) in [6.45, 7) is 0. The van der Waals surface area contributed by atoms with Crippen molar-refractivity contribution < 1.29 is 0 Å². The zero-order chi connectivity index (χ0) is 9.10. The van der Waals surface area contributed by atoms with E-state index in [0.29, 0.717) is 0 Å². The summed E-state index contributed by atoms with van der Waals surface area (Å²) in [6.07, 6.45) is 3.40. The monoisotopic (exact) mass is 188 g/mol. The maximum Gasteiger partial charge on any atom is 0.0484 e. The molecule has 0 aliphatic rings. The first-order chi connectivity index (χ1) is 6.38. The second-order valence-corrected chi connectivity index (χ2v) is 3.06. The van der Waals surface area contributed by atoms with Gasteiger partial charge in [-0.25, -0.2) is 0 Å². The van der Waals surface area contributed by atoms with Crippen LogP contribution in [0, 0.1) is 6.07 Å². The lowest BCUT2D eigenvalue weighted by Gasteiger charge is -2.01. The summed E-state index contributed by atoms with van der Waals surface area (Å²) in [5.41, 5.74) is 1.99. The van der Waals surface area contributed by atoms with Gasteiger partial charge in [-0.05, 0) is 12.1 Å². The molecule has 0 saturated carbocycles. The van der Waals surface area contributed by atoms with Crippen LogP contribution in [0.1, 0.15) is 0 Å². The van der Waals surface area contributed by atoms with Gasteiger partial charge in [0.1, 0.15) is 0 Å². The summed E-state index contributed by atoms with van der Waals surface area (Å²) >= 11 is 6.02. The third-order valence-electron chi connectivity index (χ3n) is 1.79. The maximum atomic E-state index is 6.02. The molecule has 0 spiro atoms. The predicted octanol–water partition coefficient (Wildman–Crippen LogP) is 3.20. The highest BCUT2D eigenvalue weighted by Crippen LogP contribution is 2.25. The van der Waals surface area contributed by atoms with E-state index in [0.717, 1.165) is 16.1 Å². The number of pyridine rings is 1. The molecular formula is C11H7ClN. The Labute approximate surface area is 82.0 Å². The van der Waals surface area contributed by atoms with E-state index in [2.05, 4.69) is 11.1 Å². The van der Waals surface area contributed by atoms with Gasteiger partial charge < -0.3 is 0 Å². The minimum absolute atomic E-state index is 0.740. The molecule has 0 atom stereocenters. The molecule has 0 N–H and O–H groups in total. The number of benzene rings is 1. The van der Waals surface area contributed by atoms with Gasteiger partial charge in [0, 0.05) is 34.6 Å². The Morgan fingerprint density at radius 3 is 2.77 bits per heavy atom. The van der Waals surface area contributed by atoms with Gasteiger partial charge in [-0.15, -0.1) is 0 Å². The molecular weight excluding hydrogens is 182 g/mol. The van der Waals surface area contributed by atoms with Crippen molar-refractivity contribution in [1.29, 1.82) is 0 Å². The summed E-state index contributed by atoms with van der Waals surface area (Å²) in [4.78, 5) is 3.99. The number of aromatic nitrogens is 1. The molecule has 0 aliphatic heterocycles. The summed E-state index contributed by atoms with van der Waals surface area (Å²) in [5.74, 6) is 0. The van der Waals surface area contributed by atoms with Crippen molar-refractivity contribution >= 4 is 11.6 Å². The molecule has 1 aromatic carbocycles. The molecule has 1 radical (unpaired) electrons. The molecule has 2 aromatic rings. The molecule has 13 heavy (non-hydrogen) atoms. The van der Waals surface area contributed by atoms with Gasteiger partial charge in [-0.2, -0.15) is 0 Å². The first-order valence-electron chi connectivity index (χ1n) is 3.94. The molecule has 1 nitrogen and oxygen atoms in total. The van der Waals surface area contributed by atoms with Crippen LogP contribution in [-0.4, -0.2) is 4.98 Å². The quantitative estimate of drug-likeness (QED) is 0.670. The van der Waals surface area contributed by atoms with Crippen molar-refractivity contribution in [2.24, 2.45) is 0 Å². The second kappa shape index (κ2) is 3.58. The highest BCUT2D eigenvalue weighted by Gasteiger charge is 2.00. The largest absolute Gasteiger partial charge is 0.263 e. The lowest BCUT2D eigenvalue weighted by Crippen LogP contribution is -1.79. The molecule has 2 heteroatoms. The lowest BCUT2D eigenvalue weighted by atomic mass is 10.1. The van der Waals surface area contributed by atoms with Crippen molar-refractivity contribution in [1.82, 2.24) is 4.98 Å². The van der Waals surface area contributed by atoms with Gasteiger partial charge in [-0.3, -0.25) is 4.98 Å². The van der Waals surface area contributed by atoms with E-state index in [9.17, 15) is 0 Å². The molecule has 0 unspecified atom stereocenters. The van der Waals surface area contributed by atoms with Crippen LogP contribution in [0.15, 0.2) is 42.7 Å². The Morgan fingerprint density at radius 1 is 1.23 bits per heavy atom. The minimum Gasteiger partial charge on any atom is -0.263 e. The number of nitrogens with zero attached hydrogens (tertiary/aromatic N) is 1. The van der Waals surface area contributed by atoms with Crippen molar-refractivity contribution in [2.75, 3.05) is 0 Å². The number of hydrogen-bond acceptors (Lipinski definition) is 1.